The fraction of sp³-hybridized carbons (Fsp3) is 0.579. The maximum Gasteiger partial charge on any atom is 0.242 e. The van der Waals surface area contributed by atoms with Gasteiger partial charge >= 0.3 is 0 Å². The molecule has 24 heavy (non-hydrogen) atoms. The lowest BCUT2D eigenvalue weighted by Gasteiger charge is -2.31. The lowest BCUT2D eigenvalue weighted by atomic mass is 9.95. The molecule has 0 heterocycles. The number of hydrogen-bond acceptors (Lipinski definition) is 2. The zero-order chi connectivity index (χ0) is 17.5. The molecule has 0 aromatic heterocycles. The second-order valence-corrected chi connectivity index (χ2v) is 7.44. The fourth-order valence-electron chi connectivity index (χ4n) is 3.14. The van der Waals surface area contributed by atoms with Gasteiger partial charge in [-0.3, -0.25) is 9.59 Å². The molecule has 1 aromatic rings. The van der Waals surface area contributed by atoms with Gasteiger partial charge in [0.1, 0.15) is 6.04 Å². The molecule has 1 N–H and O–H groups in total. The first-order valence-electron chi connectivity index (χ1n) is 8.85. The Morgan fingerprint density at radius 3 is 2.42 bits per heavy atom. The van der Waals surface area contributed by atoms with Crippen LogP contribution in [0.1, 0.15) is 57.9 Å². The predicted molar refractivity (Wildman–Crippen MR) is 99.5 cm³/mol. The molecule has 2 amide bonds. The third-order valence-corrected chi connectivity index (χ3v) is 5.22. The maximum atomic E-state index is 12.6. The highest BCUT2D eigenvalue weighted by Gasteiger charge is 2.27. The highest BCUT2D eigenvalue weighted by molar-refractivity contribution is 9.10. The first kappa shape index (κ1) is 19.0. The van der Waals surface area contributed by atoms with Gasteiger partial charge in [0, 0.05) is 23.5 Å². The maximum absolute atomic E-state index is 12.6. The number of carbonyl (C=O) groups is 2. The summed E-state index contributed by atoms with van der Waals surface area (Å²) in [6, 6.07) is 7.67. The van der Waals surface area contributed by atoms with Gasteiger partial charge in [-0.25, -0.2) is 0 Å². The van der Waals surface area contributed by atoms with Crippen molar-refractivity contribution in [3.05, 3.63) is 34.3 Å². The number of benzene rings is 1. The monoisotopic (exact) mass is 394 g/mol. The van der Waals surface area contributed by atoms with E-state index >= 15 is 0 Å². The quantitative estimate of drug-likeness (QED) is 0.791. The average Bonchev–Trinajstić information content (AvgIpc) is 2.61. The van der Waals surface area contributed by atoms with Crippen LogP contribution in [0.25, 0.3) is 0 Å². The van der Waals surface area contributed by atoms with Crippen LogP contribution in [0.2, 0.25) is 0 Å². The molecule has 1 fully saturated rings. The van der Waals surface area contributed by atoms with Crippen LogP contribution in [0, 0.1) is 0 Å². The Hall–Kier alpha value is -1.36. The van der Waals surface area contributed by atoms with Gasteiger partial charge in [0.05, 0.1) is 0 Å². The Labute approximate surface area is 153 Å². The van der Waals surface area contributed by atoms with Crippen LogP contribution >= 0.6 is 15.9 Å². The molecule has 1 unspecified atom stereocenters. The van der Waals surface area contributed by atoms with Gasteiger partial charge in [0.15, 0.2) is 0 Å². The second kappa shape index (κ2) is 9.21. The van der Waals surface area contributed by atoms with Crippen molar-refractivity contribution in [3.8, 4) is 0 Å². The van der Waals surface area contributed by atoms with Crippen LogP contribution in [-0.4, -0.2) is 28.8 Å². The summed E-state index contributed by atoms with van der Waals surface area (Å²) >= 11 is 3.42. The van der Waals surface area contributed by atoms with Crippen molar-refractivity contribution >= 4 is 27.7 Å². The summed E-state index contributed by atoms with van der Waals surface area (Å²) in [5.41, 5.74) is 1.03. The summed E-state index contributed by atoms with van der Waals surface area (Å²) < 4.78 is 1.00. The first-order chi connectivity index (χ1) is 11.5. The topological polar surface area (TPSA) is 49.4 Å². The molecule has 1 aliphatic carbocycles. The minimum Gasteiger partial charge on any atom is -0.352 e. The van der Waals surface area contributed by atoms with Crippen molar-refractivity contribution < 1.29 is 9.59 Å². The molecule has 1 aromatic carbocycles. The molecular formula is C19H27BrN2O2. The van der Waals surface area contributed by atoms with Crippen LogP contribution in [0.5, 0.6) is 0 Å². The Morgan fingerprint density at radius 2 is 1.83 bits per heavy atom. The molecule has 2 rings (SSSR count). The van der Waals surface area contributed by atoms with Crippen LogP contribution in [0.4, 0.5) is 0 Å². The van der Waals surface area contributed by atoms with Crippen LogP contribution < -0.4 is 5.32 Å². The van der Waals surface area contributed by atoms with E-state index < -0.39 is 6.04 Å². The molecule has 4 nitrogen and oxygen atoms in total. The number of rotatable bonds is 6. The average molecular weight is 395 g/mol. The number of amides is 2. The highest BCUT2D eigenvalue weighted by Crippen LogP contribution is 2.19. The zero-order valence-corrected chi connectivity index (χ0v) is 16.1. The third-order valence-electron chi connectivity index (χ3n) is 4.69. The summed E-state index contributed by atoms with van der Waals surface area (Å²) in [5.74, 6) is -0.0370. The van der Waals surface area contributed by atoms with Crippen LogP contribution in [0.3, 0.4) is 0 Å². The summed E-state index contributed by atoms with van der Waals surface area (Å²) in [6.07, 6.45) is 6.11. The van der Waals surface area contributed by atoms with Crippen molar-refractivity contribution in [1.29, 1.82) is 0 Å². The standard InChI is InChI=1S/C19H27BrN2O2/c1-3-18(23)22(13-15-9-11-16(20)12-10-15)14(2)19(24)21-17-7-5-4-6-8-17/h9-12,14,17H,3-8,13H2,1-2H3,(H,21,24). The predicted octanol–water partition coefficient (Wildman–Crippen LogP) is 4.03. The molecule has 0 spiro atoms. The van der Waals surface area contributed by atoms with E-state index in [0.29, 0.717) is 13.0 Å². The van der Waals surface area contributed by atoms with E-state index in [1.807, 2.05) is 38.1 Å². The molecule has 1 atom stereocenters. The van der Waals surface area contributed by atoms with Crippen molar-refractivity contribution in [2.24, 2.45) is 0 Å². The van der Waals surface area contributed by atoms with Gasteiger partial charge < -0.3 is 10.2 Å². The molecule has 0 bridgehead atoms. The van der Waals surface area contributed by atoms with E-state index in [1.165, 1.54) is 19.3 Å². The first-order valence-corrected chi connectivity index (χ1v) is 9.65. The van der Waals surface area contributed by atoms with E-state index in [1.54, 1.807) is 4.90 Å². The van der Waals surface area contributed by atoms with Gasteiger partial charge in [0.25, 0.3) is 0 Å². The number of halogens is 1. The summed E-state index contributed by atoms with van der Waals surface area (Å²) in [6.45, 7) is 4.12. The molecule has 0 aliphatic heterocycles. The van der Waals surface area contributed by atoms with Gasteiger partial charge in [-0.05, 0) is 37.5 Å². The minimum absolute atomic E-state index is 0.00390. The normalized spacial score (nSPS) is 16.5. The van der Waals surface area contributed by atoms with E-state index in [4.69, 9.17) is 0 Å². The van der Waals surface area contributed by atoms with Crippen molar-refractivity contribution in [3.63, 3.8) is 0 Å². The Morgan fingerprint density at radius 1 is 1.21 bits per heavy atom. The highest BCUT2D eigenvalue weighted by atomic mass is 79.9. The lowest BCUT2D eigenvalue weighted by molar-refractivity contribution is -0.140. The van der Waals surface area contributed by atoms with Crippen molar-refractivity contribution in [2.45, 2.75) is 71.0 Å². The zero-order valence-electron chi connectivity index (χ0n) is 14.6. The van der Waals surface area contributed by atoms with E-state index in [9.17, 15) is 9.59 Å². The number of carbonyl (C=O) groups excluding carboxylic acids is 2. The largest absolute Gasteiger partial charge is 0.352 e. The van der Waals surface area contributed by atoms with Gasteiger partial charge in [0.2, 0.25) is 11.8 Å². The van der Waals surface area contributed by atoms with Gasteiger partial charge in [-0.15, -0.1) is 0 Å². The van der Waals surface area contributed by atoms with Gasteiger partial charge in [-0.1, -0.05) is 54.2 Å². The molecular weight excluding hydrogens is 368 g/mol. The van der Waals surface area contributed by atoms with E-state index in [-0.39, 0.29) is 17.9 Å². The molecule has 132 valence electrons. The number of nitrogens with one attached hydrogen (secondary N) is 1. The fourth-order valence-corrected chi connectivity index (χ4v) is 3.41. The molecule has 0 saturated heterocycles. The Bertz CT molecular complexity index is 553. The van der Waals surface area contributed by atoms with Crippen LogP contribution in [-0.2, 0) is 16.1 Å². The van der Waals surface area contributed by atoms with E-state index in [0.717, 1.165) is 22.9 Å². The summed E-state index contributed by atoms with van der Waals surface area (Å²) in [4.78, 5) is 26.6. The van der Waals surface area contributed by atoms with Crippen LogP contribution in [0.15, 0.2) is 28.7 Å². The van der Waals surface area contributed by atoms with Crippen molar-refractivity contribution in [1.82, 2.24) is 10.2 Å². The molecule has 1 saturated carbocycles. The van der Waals surface area contributed by atoms with Gasteiger partial charge in [-0.2, -0.15) is 0 Å². The minimum atomic E-state index is -0.456. The SMILES string of the molecule is CCC(=O)N(Cc1ccc(Br)cc1)C(C)C(=O)NC1CCCCC1. The Balaban J connectivity index is 2.03. The lowest BCUT2D eigenvalue weighted by Crippen LogP contribution is -2.50. The molecule has 0 radical (unpaired) electrons. The second-order valence-electron chi connectivity index (χ2n) is 6.52. The Kier molecular flexibility index (Phi) is 7.28. The number of hydrogen-bond donors (Lipinski definition) is 1. The third kappa shape index (κ3) is 5.33. The summed E-state index contributed by atoms with van der Waals surface area (Å²) in [5, 5.41) is 3.13. The smallest absolute Gasteiger partial charge is 0.242 e. The van der Waals surface area contributed by atoms with Crippen molar-refractivity contribution in [2.75, 3.05) is 0 Å². The summed E-state index contributed by atoms with van der Waals surface area (Å²) in [7, 11) is 0. The number of nitrogens with zero attached hydrogens (tertiary/aromatic N) is 1. The molecule has 1 aliphatic rings. The molecule has 5 heteroatoms. The van der Waals surface area contributed by atoms with E-state index in [2.05, 4.69) is 21.2 Å².